The summed E-state index contributed by atoms with van der Waals surface area (Å²) in [5.74, 6) is -0.328. The maximum absolute atomic E-state index is 12.4. The van der Waals surface area contributed by atoms with Crippen molar-refractivity contribution in [3.05, 3.63) is 65.7 Å². The van der Waals surface area contributed by atoms with Crippen LogP contribution >= 0.6 is 0 Å². The standard InChI is InChI=1S/C18H22N2O4S/c1-14(15-7-4-3-5-8-15)20-18(21)16-9-6-10-17(13-16)25(22,23)19-11-12-24-2/h3-10,13-14,19H,11-12H2,1-2H3,(H,20,21). The molecule has 0 aromatic heterocycles. The first-order valence-corrected chi connectivity index (χ1v) is 9.37. The van der Waals surface area contributed by atoms with E-state index in [0.29, 0.717) is 0 Å². The van der Waals surface area contributed by atoms with Crippen LogP contribution in [0.15, 0.2) is 59.5 Å². The summed E-state index contributed by atoms with van der Waals surface area (Å²) in [6, 6.07) is 15.3. The fourth-order valence-corrected chi connectivity index (χ4v) is 3.33. The predicted octanol–water partition coefficient (Wildman–Crippen LogP) is 2.10. The first kappa shape index (κ1) is 19.1. The highest BCUT2D eigenvalue weighted by molar-refractivity contribution is 7.89. The molecule has 0 heterocycles. The third-order valence-corrected chi connectivity index (χ3v) is 5.11. The summed E-state index contributed by atoms with van der Waals surface area (Å²) >= 11 is 0. The summed E-state index contributed by atoms with van der Waals surface area (Å²) in [4.78, 5) is 12.5. The van der Waals surface area contributed by atoms with E-state index >= 15 is 0 Å². The highest BCUT2D eigenvalue weighted by atomic mass is 32.2. The summed E-state index contributed by atoms with van der Waals surface area (Å²) in [6.45, 7) is 2.31. The fraction of sp³-hybridized carbons (Fsp3) is 0.278. The predicted molar refractivity (Wildman–Crippen MR) is 95.8 cm³/mol. The van der Waals surface area contributed by atoms with Crippen molar-refractivity contribution in [3.63, 3.8) is 0 Å². The zero-order valence-electron chi connectivity index (χ0n) is 14.2. The first-order chi connectivity index (χ1) is 11.9. The van der Waals surface area contributed by atoms with Gasteiger partial charge in [-0.15, -0.1) is 0 Å². The molecule has 2 N–H and O–H groups in total. The lowest BCUT2D eigenvalue weighted by Crippen LogP contribution is -2.29. The maximum Gasteiger partial charge on any atom is 0.251 e. The van der Waals surface area contributed by atoms with Crippen LogP contribution in [-0.4, -0.2) is 34.6 Å². The van der Waals surface area contributed by atoms with Gasteiger partial charge in [0.1, 0.15) is 0 Å². The van der Waals surface area contributed by atoms with E-state index in [1.807, 2.05) is 37.3 Å². The second kappa shape index (κ2) is 8.75. The summed E-state index contributed by atoms with van der Waals surface area (Å²) < 4.78 is 31.7. The van der Waals surface area contributed by atoms with Crippen LogP contribution in [0.1, 0.15) is 28.9 Å². The third-order valence-electron chi connectivity index (χ3n) is 3.65. The molecule has 7 heteroatoms. The lowest BCUT2D eigenvalue weighted by Gasteiger charge is -2.15. The fourth-order valence-electron chi connectivity index (χ4n) is 2.27. The van der Waals surface area contributed by atoms with E-state index in [1.165, 1.54) is 19.2 Å². The van der Waals surface area contributed by atoms with Crippen LogP contribution in [0.5, 0.6) is 0 Å². The summed E-state index contributed by atoms with van der Waals surface area (Å²) in [6.07, 6.45) is 0. The van der Waals surface area contributed by atoms with Crippen LogP contribution < -0.4 is 10.0 Å². The molecule has 134 valence electrons. The molecule has 0 bridgehead atoms. The largest absolute Gasteiger partial charge is 0.383 e. The Morgan fingerprint density at radius 1 is 1.12 bits per heavy atom. The number of sulfonamides is 1. The number of methoxy groups -OCH3 is 1. The van der Waals surface area contributed by atoms with Gasteiger partial charge in [0.25, 0.3) is 5.91 Å². The molecule has 0 aliphatic heterocycles. The smallest absolute Gasteiger partial charge is 0.251 e. The molecule has 2 aromatic carbocycles. The molecule has 25 heavy (non-hydrogen) atoms. The minimum Gasteiger partial charge on any atom is -0.383 e. The highest BCUT2D eigenvalue weighted by Gasteiger charge is 2.17. The number of carbonyl (C=O) groups is 1. The Morgan fingerprint density at radius 2 is 1.84 bits per heavy atom. The van der Waals surface area contributed by atoms with Gasteiger partial charge < -0.3 is 10.1 Å². The summed E-state index contributed by atoms with van der Waals surface area (Å²) in [7, 11) is -2.19. The van der Waals surface area contributed by atoms with Gasteiger partial charge in [-0.2, -0.15) is 0 Å². The Kier molecular flexibility index (Phi) is 6.69. The van der Waals surface area contributed by atoms with Crippen molar-refractivity contribution in [2.45, 2.75) is 17.9 Å². The molecule has 0 aliphatic rings. The van der Waals surface area contributed by atoms with E-state index in [9.17, 15) is 13.2 Å². The van der Waals surface area contributed by atoms with Crippen molar-refractivity contribution in [2.24, 2.45) is 0 Å². The van der Waals surface area contributed by atoms with Gasteiger partial charge in [-0.1, -0.05) is 36.4 Å². The van der Waals surface area contributed by atoms with E-state index < -0.39 is 10.0 Å². The van der Waals surface area contributed by atoms with Gasteiger partial charge in [0.2, 0.25) is 10.0 Å². The Labute approximate surface area is 148 Å². The molecule has 0 saturated heterocycles. The van der Waals surface area contributed by atoms with Crippen molar-refractivity contribution in [1.82, 2.24) is 10.0 Å². The van der Waals surface area contributed by atoms with Crippen molar-refractivity contribution in [2.75, 3.05) is 20.3 Å². The summed E-state index contributed by atoms with van der Waals surface area (Å²) in [5.41, 5.74) is 1.26. The van der Waals surface area contributed by atoms with Gasteiger partial charge in [0, 0.05) is 19.2 Å². The van der Waals surface area contributed by atoms with Crippen molar-refractivity contribution in [3.8, 4) is 0 Å². The van der Waals surface area contributed by atoms with Crippen LogP contribution in [-0.2, 0) is 14.8 Å². The Morgan fingerprint density at radius 3 is 2.52 bits per heavy atom. The molecule has 0 spiro atoms. The number of amides is 1. The van der Waals surface area contributed by atoms with Crippen molar-refractivity contribution >= 4 is 15.9 Å². The van der Waals surface area contributed by atoms with Crippen molar-refractivity contribution < 1.29 is 17.9 Å². The van der Waals surface area contributed by atoms with Gasteiger partial charge >= 0.3 is 0 Å². The van der Waals surface area contributed by atoms with Gasteiger partial charge in [-0.05, 0) is 30.7 Å². The molecule has 0 fully saturated rings. The number of benzene rings is 2. The Balaban J connectivity index is 2.11. The Hall–Kier alpha value is -2.22. The number of carbonyl (C=O) groups excluding carboxylic acids is 1. The lowest BCUT2D eigenvalue weighted by molar-refractivity contribution is 0.0939. The van der Waals surface area contributed by atoms with E-state index in [4.69, 9.17) is 4.74 Å². The molecule has 0 saturated carbocycles. The quantitative estimate of drug-likeness (QED) is 0.705. The molecule has 6 nitrogen and oxygen atoms in total. The number of hydrogen-bond donors (Lipinski definition) is 2. The molecule has 1 atom stereocenters. The highest BCUT2D eigenvalue weighted by Crippen LogP contribution is 2.15. The van der Waals surface area contributed by atoms with Gasteiger partial charge in [-0.3, -0.25) is 4.79 Å². The minimum atomic E-state index is -3.68. The molecule has 2 aromatic rings. The van der Waals surface area contributed by atoms with E-state index in [-0.39, 0.29) is 35.6 Å². The number of rotatable bonds is 8. The van der Waals surface area contributed by atoms with Gasteiger partial charge in [0.05, 0.1) is 17.5 Å². The lowest BCUT2D eigenvalue weighted by atomic mass is 10.1. The molecule has 1 amide bonds. The van der Waals surface area contributed by atoms with E-state index in [0.717, 1.165) is 5.56 Å². The van der Waals surface area contributed by atoms with Crippen LogP contribution in [0.25, 0.3) is 0 Å². The van der Waals surface area contributed by atoms with Crippen LogP contribution in [0.2, 0.25) is 0 Å². The summed E-state index contributed by atoms with van der Waals surface area (Å²) in [5, 5.41) is 2.87. The number of nitrogens with one attached hydrogen (secondary N) is 2. The van der Waals surface area contributed by atoms with E-state index in [1.54, 1.807) is 12.1 Å². The second-order valence-corrected chi connectivity index (χ2v) is 7.29. The average molecular weight is 362 g/mol. The van der Waals surface area contributed by atoms with Gasteiger partial charge in [0.15, 0.2) is 0 Å². The normalized spacial score (nSPS) is 12.6. The van der Waals surface area contributed by atoms with Crippen LogP contribution in [0.4, 0.5) is 0 Å². The topological polar surface area (TPSA) is 84.5 Å². The van der Waals surface area contributed by atoms with Crippen LogP contribution in [0, 0.1) is 0 Å². The molecular formula is C18H22N2O4S. The molecule has 0 radical (unpaired) electrons. The second-order valence-electron chi connectivity index (χ2n) is 5.52. The SMILES string of the molecule is COCCNS(=O)(=O)c1cccc(C(=O)NC(C)c2ccccc2)c1. The van der Waals surface area contributed by atoms with Crippen molar-refractivity contribution in [1.29, 1.82) is 0 Å². The number of ether oxygens (including phenoxy) is 1. The van der Waals surface area contributed by atoms with Gasteiger partial charge in [-0.25, -0.2) is 13.1 Å². The zero-order valence-corrected chi connectivity index (χ0v) is 15.0. The Bertz CT molecular complexity index is 807. The monoisotopic (exact) mass is 362 g/mol. The zero-order chi connectivity index (χ0) is 18.3. The van der Waals surface area contributed by atoms with E-state index in [2.05, 4.69) is 10.0 Å². The molecular weight excluding hydrogens is 340 g/mol. The molecule has 0 aliphatic carbocycles. The first-order valence-electron chi connectivity index (χ1n) is 7.88. The molecule has 2 rings (SSSR count). The molecule has 1 unspecified atom stereocenters. The number of hydrogen-bond acceptors (Lipinski definition) is 4. The average Bonchev–Trinajstić information content (AvgIpc) is 2.62. The van der Waals surface area contributed by atoms with Crippen LogP contribution in [0.3, 0.4) is 0 Å². The maximum atomic E-state index is 12.4. The third kappa shape index (κ3) is 5.38. The minimum absolute atomic E-state index is 0.0450.